The minimum absolute atomic E-state index is 0.262. The fourth-order valence-electron chi connectivity index (χ4n) is 2.68. The fraction of sp³-hybridized carbons (Fsp3) is 0.0556. The van der Waals surface area contributed by atoms with E-state index in [2.05, 4.69) is 20.4 Å². The van der Waals surface area contributed by atoms with Crippen LogP contribution in [0, 0.1) is 5.82 Å². The Bertz CT molecular complexity index is 1190. The zero-order valence-electron chi connectivity index (χ0n) is 14.0. The third kappa shape index (κ3) is 3.31. The van der Waals surface area contributed by atoms with Gasteiger partial charge in [0.05, 0.1) is 28.4 Å². The fourth-order valence-corrected chi connectivity index (χ4v) is 2.68. The summed E-state index contributed by atoms with van der Waals surface area (Å²) in [6, 6.07) is 8.56. The number of hydrogen-bond acceptors (Lipinski definition) is 4. The normalized spacial score (nSPS) is 11.7. The van der Waals surface area contributed by atoms with Crippen LogP contribution >= 0.6 is 0 Å². The molecule has 0 bridgehead atoms. The Morgan fingerprint density at radius 2 is 1.68 bits per heavy atom. The maximum Gasteiger partial charge on any atom is 0.416 e. The van der Waals surface area contributed by atoms with Crippen LogP contribution in [0.2, 0.25) is 0 Å². The highest BCUT2D eigenvalue weighted by atomic mass is 19.4. The molecule has 0 saturated carbocycles. The topological polar surface area (TPSA) is 75.6 Å². The van der Waals surface area contributed by atoms with Crippen molar-refractivity contribution >= 4 is 22.5 Å². The second-order valence-electron chi connectivity index (χ2n) is 5.89. The first kappa shape index (κ1) is 17.7. The molecule has 142 valence electrons. The van der Waals surface area contributed by atoms with E-state index in [4.69, 9.17) is 0 Å². The second kappa shape index (κ2) is 6.48. The summed E-state index contributed by atoms with van der Waals surface area (Å²) in [6.07, 6.45) is -2.08. The molecule has 3 heterocycles. The number of nitrogens with one attached hydrogen (secondary N) is 2. The summed E-state index contributed by atoms with van der Waals surface area (Å²) in [5.41, 5.74) is -0.475. The second-order valence-corrected chi connectivity index (χ2v) is 5.89. The van der Waals surface area contributed by atoms with Crippen LogP contribution in [0.3, 0.4) is 0 Å². The van der Waals surface area contributed by atoms with Crippen LogP contribution in [0.15, 0.2) is 59.7 Å². The van der Waals surface area contributed by atoms with E-state index >= 15 is 0 Å². The van der Waals surface area contributed by atoms with E-state index in [-0.39, 0.29) is 5.39 Å². The lowest BCUT2D eigenvalue weighted by molar-refractivity contribution is -0.137. The van der Waals surface area contributed by atoms with Crippen molar-refractivity contribution in [3.8, 4) is 5.69 Å². The average Bonchev–Trinajstić information content (AvgIpc) is 2.99. The molecule has 1 aromatic carbocycles. The Labute approximate surface area is 154 Å². The number of anilines is 2. The maximum absolute atomic E-state index is 13.0. The summed E-state index contributed by atoms with van der Waals surface area (Å²) in [4.78, 5) is 20.1. The molecule has 0 aliphatic rings. The van der Waals surface area contributed by atoms with Gasteiger partial charge in [0.25, 0.3) is 5.56 Å². The average molecular weight is 389 g/mol. The van der Waals surface area contributed by atoms with Gasteiger partial charge in [-0.25, -0.2) is 14.4 Å². The van der Waals surface area contributed by atoms with Gasteiger partial charge < -0.3 is 5.32 Å². The summed E-state index contributed by atoms with van der Waals surface area (Å²) in [6.45, 7) is 0. The van der Waals surface area contributed by atoms with Crippen LogP contribution in [-0.2, 0) is 6.18 Å². The van der Waals surface area contributed by atoms with Crippen LogP contribution < -0.4 is 10.9 Å². The molecule has 4 aromatic rings. The molecule has 2 N–H and O–H groups in total. The smallest absolute Gasteiger partial charge is 0.325 e. The number of H-pyrrole nitrogens is 1. The number of hydrogen-bond donors (Lipinski definition) is 2. The number of benzene rings is 1. The molecule has 0 fully saturated rings. The van der Waals surface area contributed by atoms with Crippen molar-refractivity contribution in [3.63, 3.8) is 0 Å². The summed E-state index contributed by atoms with van der Waals surface area (Å²) in [7, 11) is 0. The number of aromatic amines is 1. The first-order valence-corrected chi connectivity index (χ1v) is 7.98. The molecule has 28 heavy (non-hydrogen) atoms. The lowest BCUT2D eigenvalue weighted by Gasteiger charge is -2.09. The van der Waals surface area contributed by atoms with E-state index in [1.165, 1.54) is 41.2 Å². The summed E-state index contributed by atoms with van der Waals surface area (Å²) < 4.78 is 52.6. The predicted octanol–water partition coefficient (Wildman–Crippen LogP) is 4.01. The summed E-state index contributed by atoms with van der Waals surface area (Å²) in [5, 5.41) is 5.71. The van der Waals surface area contributed by atoms with Crippen molar-refractivity contribution in [2.45, 2.75) is 6.18 Å². The molecule has 0 atom stereocenters. The number of fused-ring (bicyclic) bond motifs is 1. The van der Waals surface area contributed by atoms with Gasteiger partial charge >= 0.3 is 6.18 Å². The van der Waals surface area contributed by atoms with Gasteiger partial charge in [0.2, 0.25) is 0 Å². The van der Waals surface area contributed by atoms with Crippen molar-refractivity contribution in [1.29, 1.82) is 0 Å². The largest absolute Gasteiger partial charge is 0.416 e. The van der Waals surface area contributed by atoms with E-state index in [1.807, 2.05) is 0 Å². The predicted molar refractivity (Wildman–Crippen MR) is 94.2 cm³/mol. The van der Waals surface area contributed by atoms with E-state index in [1.54, 1.807) is 0 Å². The van der Waals surface area contributed by atoms with Gasteiger partial charge in [-0.05, 0) is 36.4 Å². The molecular weight excluding hydrogens is 378 g/mol. The van der Waals surface area contributed by atoms with Crippen LogP contribution in [0.4, 0.5) is 29.2 Å². The van der Waals surface area contributed by atoms with E-state index in [9.17, 15) is 22.4 Å². The molecular formula is C18H11F4N5O. The molecule has 0 aliphatic carbocycles. The molecule has 0 aliphatic heterocycles. The minimum Gasteiger partial charge on any atom is -0.325 e. The van der Waals surface area contributed by atoms with Gasteiger partial charge in [0.15, 0.2) is 0 Å². The molecule has 4 rings (SSSR count). The third-order valence-electron chi connectivity index (χ3n) is 4.02. The standard InChI is InChI=1S/C18H11F4N5O/c19-11-3-6-15(23-8-11)25-16-7-14-13(9-24-16)17(28)26-27(14)12-4-1-10(2-5-12)18(20,21)22/h1-9H,(H,26,28)(H,23,24,25). The van der Waals surface area contributed by atoms with Crippen LogP contribution in [-0.4, -0.2) is 19.7 Å². The van der Waals surface area contributed by atoms with Crippen LogP contribution in [0.25, 0.3) is 16.6 Å². The first-order valence-electron chi connectivity index (χ1n) is 7.98. The molecule has 0 radical (unpaired) electrons. The SMILES string of the molecule is O=c1[nH]n(-c2ccc(C(F)(F)F)cc2)c2cc(Nc3ccc(F)cn3)ncc12. The Balaban J connectivity index is 1.74. The van der Waals surface area contributed by atoms with E-state index in [0.29, 0.717) is 22.8 Å². The van der Waals surface area contributed by atoms with E-state index in [0.717, 1.165) is 18.3 Å². The number of nitrogens with zero attached hydrogens (tertiary/aromatic N) is 3. The van der Waals surface area contributed by atoms with Gasteiger partial charge in [0.1, 0.15) is 17.5 Å². The zero-order valence-corrected chi connectivity index (χ0v) is 14.0. The number of rotatable bonds is 3. The highest BCUT2D eigenvalue weighted by molar-refractivity contribution is 5.82. The van der Waals surface area contributed by atoms with Crippen molar-refractivity contribution in [1.82, 2.24) is 19.7 Å². The maximum atomic E-state index is 13.0. The van der Waals surface area contributed by atoms with Gasteiger partial charge in [-0.15, -0.1) is 0 Å². The number of pyridine rings is 2. The Kier molecular flexibility index (Phi) is 4.10. The zero-order chi connectivity index (χ0) is 19.9. The molecule has 10 heteroatoms. The van der Waals surface area contributed by atoms with Crippen molar-refractivity contribution in [2.24, 2.45) is 0 Å². The highest BCUT2D eigenvalue weighted by Gasteiger charge is 2.30. The molecule has 0 saturated heterocycles. The third-order valence-corrected chi connectivity index (χ3v) is 4.02. The van der Waals surface area contributed by atoms with Crippen LogP contribution in [0.1, 0.15) is 5.56 Å². The Morgan fingerprint density at radius 3 is 2.32 bits per heavy atom. The van der Waals surface area contributed by atoms with Gasteiger partial charge in [-0.2, -0.15) is 13.2 Å². The van der Waals surface area contributed by atoms with Crippen molar-refractivity contribution in [3.05, 3.63) is 76.6 Å². The van der Waals surface area contributed by atoms with Gasteiger partial charge in [0, 0.05) is 12.3 Å². The van der Waals surface area contributed by atoms with Gasteiger partial charge in [-0.3, -0.25) is 14.6 Å². The Morgan fingerprint density at radius 1 is 0.964 bits per heavy atom. The Hall–Kier alpha value is -3.69. The summed E-state index contributed by atoms with van der Waals surface area (Å²) in [5.74, 6) is 0.175. The molecule has 0 spiro atoms. The highest BCUT2D eigenvalue weighted by Crippen LogP contribution is 2.30. The molecule has 6 nitrogen and oxygen atoms in total. The first-order chi connectivity index (χ1) is 13.3. The quantitative estimate of drug-likeness (QED) is 0.519. The van der Waals surface area contributed by atoms with Crippen molar-refractivity contribution in [2.75, 3.05) is 5.32 Å². The molecule has 3 aromatic heterocycles. The number of halogens is 4. The monoisotopic (exact) mass is 389 g/mol. The lowest BCUT2D eigenvalue weighted by Crippen LogP contribution is -2.06. The number of alkyl halides is 3. The van der Waals surface area contributed by atoms with Gasteiger partial charge in [-0.1, -0.05) is 0 Å². The number of aromatic nitrogens is 4. The van der Waals surface area contributed by atoms with Crippen molar-refractivity contribution < 1.29 is 17.6 Å². The lowest BCUT2D eigenvalue weighted by atomic mass is 10.2. The minimum atomic E-state index is -4.45. The molecule has 0 unspecified atom stereocenters. The summed E-state index contributed by atoms with van der Waals surface area (Å²) >= 11 is 0. The molecule has 0 amide bonds. The van der Waals surface area contributed by atoms with Crippen LogP contribution in [0.5, 0.6) is 0 Å². The van der Waals surface area contributed by atoms with E-state index < -0.39 is 23.1 Å².